The molecular weight excluding hydrogens is 226 g/mol. The molecule has 0 aliphatic rings. The lowest BCUT2D eigenvalue weighted by molar-refractivity contribution is -0.127. The number of hydrogen-bond acceptors (Lipinski definition) is 2. The summed E-state index contributed by atoms with van der Waals surface area (Å²) in [6.07, 6.45) is 1.67. The number of hydrogen-bond donors (Lipinski definition) is 0. The molecule has 1 rings (SSSR count). The molecule has 0 heterocycles. The standard InChI is InChI=1S/C15H21NO2/c1-13(2)11-15(17)16(9-10-18-3)12-14-7-5-4-6-8-14/h4-8,11H,9-10,12H2,1-3H3. The van der Waals surface area contributed by atoms with Gasteiger partial charge in [-0.2, -0.15) is 0 Å². The summed E-state index contributed by atoms with van der Waals surface area (Å²) in [7, 11) is 1.64. The van der Waals surface area contributed by atoms with E-state index in [4.69, 9.17) is 4.74 Å². The molecule has 0 radical (unpaired) electrons. The van der Waals surface area contributed by atoms with Crippen LogP contribution in [0.25, 0.3) is 0 Å². The number of nitrogens with zero attached hydrogens (tertiary/aromatic N) is 1. The zero-order chi connectivity index (χ0) is 13.4. The molecule has 0 unspecified atom stereocenters. The Labute approximate surface area is 109 Å². The van der Waals surface area contributed by atoms with Gasteiger partial charge in [0, 0.05) is 26.3 Å². The number of amides is 1. The van der Waals surface area contributed by atoms with Gasteiger partial charge in [-0.3, -0.25) is 4.79 Å². The predicted octanol–water partition coefficient (Wildman–Crippen LogP) is 2.63. The quantitative estimate of drug-likeness (QED) is 0.723. The minimum absolute atomic E-state index is 0.0379. The SMILES string of the molecule is COCCN(Cc1ccccc1)C(=O)C=C(C)C. The van der Waals surface area contributed by atoms with Crippen molar-refractivity contribution in [3.63, 3.8) is 0 Å². The number of allylic oxidation sites excluding steroid dienone is 1. The van der Waals surface area contributed by atoms with Crippen LogP contribution in [0.15, 0.2) is 42.0 Å². The first-order valence-corrected chi connectivity index (χ1v) is 6.10. The van der Waals surface area contributed by atoms with Crippen molar-refractivity contribution in [1.82, 2.24) is 4.90 Å². The van der Waals surface area contributed by atoms with Gasteiger partial charge >= 0.3 is 0 Å². The summed E-state index contributed by atoms with van der Waals surface area (Å²) in [6.45, 7) is 5.62. The highest BCUT2D eigenvalue weighted by Gasteiger charge is 2.11. The fourth-order valence-corrected chi connectivity index (χ4v) is 1.61. The molecule has 0 spiro atoms. The van der Waals surface area contributed by atoms with Crippen molar-refractivity contribution in [2.24, 2.45) is 0 Å². The lowest BCUT2D eigenvalue weighted by atomic mass is 10.2. The van der Waals surface area contributed by atoms with E-state index in [1.807, 2.05) is 44.2 Å². The maximum atomic E-state index is 12.1. The fourth-order valence-electron chi connectivity index (χ4n) is 1.61. The molecule has 1 amide bonds. The Morgan fingerprint density at radius 2 is 1.94 bits per heavy atom. The summed E-state index contributed by atoms with van der Waals surface area (Å²) in [4.78, 5) is 13.9. The molecule has 0 saturated carbocycles. The molecule has 1 aromatic rings. The van der Waals surface area contributed by atoms with E-state index in [1.165, 1.54) is 0 Å². The van der Waals surface area contributed by atoms with E-state index in [0.29, 0.717) is 19.7 Å². The van der Waals surface area contributed by atoms with E-state index in [1.54, 1.807) is 18.1 Å². The topological polar surface area (TPSA) is 29.5 Å². The Kier molecular flexibility index (Phi) is 6.15. The highest BCUT2D eigenvalue weighted by molar-refractivity contribution is 5.88. The van der Waals surface area contributed by atoms with Crippen molar-refractivity contribution in [2.45, 2.75) is 20.4 Å². The maximum Gasteiger partial charge on any atom is 0.246 e. The van der Waals surface area contributed by atoms with E-state index in [-0.39, 0.29) is 5.91 Å². The van der Waals surface area contributed by atoms with Crippen LogP contribution in [0, 0.1) is 0 Å². The Balaban J connectivity index is 2.72. The third kappa shape index (κ3) is 5.15. The van der Waals surface area contributed by atoms with Crippen LogP contribution >= 0.6 is 0 Å². The minimum Gasteiger partial charge on any atom is -0.383 e. The van der Waals surface area contributed by atoms with Gasteiger partial charge in [-0.1, -0.05) is 35.9 Å². The highest BCUT2D eigenvalue weighted by atomic mass is 16.5. The summed E-state index contributed by atoms with van der Waals surface area (Å²) in [5, 5.41) is 0. The van der Waals surface area contributed by atoms with Crippen molar-refractivity contribution >= 4 is 5.91 Å². The number of ether oxygens (including phenoxy) is 1. The Bertz CT molecular complexity index is 394. The largest absolute Gasteiger partial charge is 0.383 e. The maximum absolute atomic E-state index is 12.1. The Hall–Kier alpha value is -1.61. The average Bonchev–Trinajstić information content (AvgIpc) is 2.34. The molecule has 3 heteroatoms. The smallest absolute Gasteiger partial charge is 0.246 e. The molecule has 0 aliphatic carbocycles. The molecule has 98 valence electrons. The van der Waals surface area contributed by atoms with Crippen LogP contribution in [0.2, 0.25) is 0 Å². The molecule has 0 N–H and O–H groups in total. The third-order valence-corrected chi connectivity index (χ3v) is 2.51. The van der Waals surface area contributed by atoms with E-state index in [2.05, 4.69) is 0 Å². The van der Waals surface area contributed by atoms with Gasteiger partial charge in [0.25, 0.3) is 0 Å². The van der Waals surface area contributed by atoms with Crippen molar-refractivity contribution in [2.75, 3.05) is 20.3 Å². The highest BCUT2D eigenvalue weighted by Crippen LogP contribution is 2.06. The van der Waals surface area contributed by atoms with Gasteiger partial charge in [-0.05, 0) is 19.4 Å². The van der Waals surface area contributed by atoms with Gasteiger partial charge in [0.2, 0.25) is 5.91 Å². The first-order valence-electron chi connectivity index (χ1n) is 6.10. The minimum atomic E-state index is 0.0379. The molecule has 0 atom stereocenters. The van der Waals surface area contributed by atoms with Gasteiger partial charge in [0.05, 0.1) is 6.61 Å². The monoisotopic (exact) mass is 247 g/mol. The second-order valence-corrected chi connectivity index (χ2v) is 4.46. The summed E-state index contributed by atoms with van der Waals surface area (Å²) in [5.41, 5.74) is 2.14. The normalized spacial score (nSPS) is 9.94. The predicted molar refractivity (Wildman–Crippen MR) is 73.2 cm³/mol. The van der Waals surface area contributed by atoms with E-state index in [0.717, 1.165) is 11.1 Å². The number of carbonyl (C=O) groups is 1. The Morgan fingerprint density at radius 1 is 1.28 bits per heavy atom. The van der Waals surface area contributed by atoms with Crippen molar-refractivity contribution in [3.05, 3.63) is 47.5 Å². The lowest BCUT2D eigenvalue weighted by Gasteiger charge is -2.21. The van der Waals surface area contributed by atoms with Crippen LogP contribution in [-0.4, -0.2) is 31.1 Å². The number of carbonyl (C=O) groups excluding carboxylic acids is 1. The van der Waals surface area contributed by atoms with Gasteiger partial charge in [-0.15, -0.1) is 0 Å². The average molecular weight is 247 g/mol. The molecule has 1 aromatic carbocycles. The van der Waals surface area contributed by atoms with Gasteiger partial charge in [0.1, 0.15) is 0 Å². The first-order chi connectivity index (χ1) is 8.63. The molecule has 0 bridgehead atoms. The zero-order valence-corrected chi connectivity index (χ0v) is 11.3. The molecule has 0 aromatic heterocycles. The van der Waals surface area contributed by atoms with Crippen LogP contribution in [0.4, 0.5) is 0 Å². The van der Waals surface area contributed by atoms with Crippen LogP contribution < -0.4 is 0 Å². The van der Waals surface area contributed by atoms with Crippen molar-refractivity contribution in [3.8, 4) is 0 Å². The first kappa shape index (κ1) is 14.5. The molecule has 0 fully saturated rings. The van der Waals surface area contributed by atoms with Crippen LogP contribution in [0.3, 0.4) is 0 Å². The van der Waals surface area contributed by atoms with Crippen LogP contribution in [-0.2, 0) is 16.1 Å². The molecule has 0 saturated heterocycles. The van der Waals surface area contributed by atoms with Crippen molar-refractivity contribution in [1.29, 1.82) is 0 Å². The molecule has 18 heavy (non-hydrogen) atoms. The van der Waals surface area contributed by atoms with Gasteiger partial charge in [-0.25, -0.2) is 0 Å². The molecule has 0 aliphatic heterocycles. The summed E-state index contributed by atoms with van der Waals surface area (Å²) < 4.78 is 5.05. The second kappa shape index (κ2) is 7.67. The van der Waals surface area contributed by atoms with Gasteiger partial charge in [0.15, 0.2) is 0 Å². The van der Waals surface area contributed by atoms with E-state index < -0.39 is 0 Å². The van der Waals surface area contributed by atoms with Crippen molar-refractivity contribution < 1.29 is 9.53 Å². The Morgan fingerprint density at radius 3 is 2.50 bits per heavy atom. The number of rotatable bonds is 6. The molecular formula is C15H21NO2. The second-order valence-electron chi connectivity index (χ2n) is 4.46. The summed E-state index contributed by atoms with van der Waals surface area (Å²) in [5.74, 6) is 0.0379. The summed E-state index contributed by atoms with van der Waals surface area (Å²) in [6, 6.07) is 9.98. The van der Waals surface area contributed by atoms with Crippen LogP contribution in [0.5, 0.6) is 0 Å². The third-order valence-electron chi connectivity index (χ3n) is 2.51. The van der Waals surface area contributed by atoms with E-state index in [9.17, 15) is 4.79 Å². The number of benzene rings is 1. The number of methoxy groups -OCH3 is 1. The fraction of sp³-hybridized carbons (Fsp3) is 0.400. The zero-order valence-electron chi connectivity index (χ0n) is 11.3. The van der Waals surface area contributed by atoms with Crippen LogP contribution in [0.1, 0.15) is 19.4 Å². The summed E-state index contributed by atoms with van der Waals surface area (Å²) >= 11 is 0. The van der Waals surface area contributed by atoms with E-state index >= 15 is 0 Å². The van der Waals surface area contributed by atoms with Gasteiger partial charge < -0.3 is 9.64 Å². The molecule has 3 nitrogen and oxygen atoms in total. The lowest BCUT2D eigenvalue weighted by Crippen LogP contribution is -2.32.